The Morgan fingerprint density at radius 1 is 1.00 bits per heavy atom. The molecule has 7 heteroatoms. The molecule has 0 aliphatic carbocycles. The average molecular weight is 353 g/mol. The van der Waals surface area contributed by atoms with Crippen molar-refractivity contribution < 1.29 is 9.59 Å². The van der Waals surface area contributed by atoms with Crippen LogP contribution in [0.5, 0.6) is 0 Å². The molecule has 1 fully saturated rings. The fourth-order valence-corrected chi connectivity index (χ4v) is 3.53. The van der Waals surface area contributed by atoms with Crippen LogP contribution in [0.2, 0.25) is 10.0 Å². The molecule has 1 aliphatic rings. The van der Waals surface area contributed by atoms with Crippen LogP contribution in [-0.2, 0) is 4.79 Å². The van der Waals surface area contributed by atoms with Crippen molar-refractivity contribution in [2.75, 3.05) is 10.2 Å². The first kappa shape index (κ1) is 15.2. The molecular weight excluding hydrogens is 343 g/mol. The van der Waals surface area contributed by atoms with E-state index in [1.165, 1.54) is 0 Å². The molecule has 0 aromatic heterocycles. The number of hydrogen-bond acceptors (Lipinski definition) is 4. The van der Waals surface area contributed by atoms with Crippen molar-refractivity contribution in [2.24, 2.45) is 0 Å². The highest BCUT2D eigenvalue weighted by Gasteiger charge is 2.40. The van der Waals surface area contributed by atoms with E-state index in [2.05, 4.69) is 5.32 Å². The lowest BCUT2D eigenvalue weighted by molar-refractivity contribution is -0.116. The molecule has 1 saturated heterocycles. The number of nitrogens with one attached hydrogen (secondary N) is 1. The first-order valence-electron chi connectivity index (χ1n) is 6.37. The van der Waals surface area contributed by atoms with Gasteiger partial charge in [-0.15, -0.1) is 0 Å². The Balaban J connectivity index is 1.82. The predicted molar refractivity (Wildman–Crippen MR) is 90.8 cm³/mol. The molecule has 2 aromatic carbocycles. The van der Waals surface area contributed by atoms with Crippen molar-refractivity contribution in [3.63, 3.8) is 0 Å². The van der Waals surface area contributed by atoms with Gasteiger partial charge < -0.3 is 5.32 Å². The number of hydrogen-bond donors (Lipinski definition) is 1. The highest BCUT2D eigenvalue weighted by molar-refractivity contribution is 8.16. The summed E-state index contributed by atoms with van der Waals surface area (Å²) in [6.07, 6.45) is 0. The summed E-state index contributed by atoms with van der Waals surface area (Å²) in [4.78, 5) is 25.7. The van der Waals surface area contributed by atoms with Gasteiger partial charge in [0.1, 0.15) is 0 Å². The van der Waals surface area contributed by atoms with Gasteiger partial charge in [-0.2, -0.15) is 0 Å². The summed E-state index contributed by atoms with van der Waals surface area (Å²) < 4.78 is 0. The third-order valence-corrected chi connectivity index (χ3v) is 4.40. The number of imide groups is 1. The lowest BCUT2D eigenvalue weighted by Gasteiger charge is -2.15. The Bertz CT molecular complexity index is 719. The van der Waals surface area contributed by atoms with E-state index in [9.17, 15) is 9.59 Å². The van der Waals surface area contributed by atoms with E-state index >= 15 is 0 Å². The highest BCUT2D eigenvalue weighted by atomic mass is 35.5. The number of nitrogens with zero attached hydrogens (tertiary/aromatic N) is 1. The molecule has 0 radical (unpaired) electrons. The number of amides is 2. The second kappa shape index (κ2) is 6.20. The summed E-state index contributed by atoms with van der Waals surface area (Å²) in [6.45, 7) is 0. The van der Waals surface area contributed by atoms with Gasteiger partial charge in [0.25, 0.3) is 11.1 Å². The number of para-hydroxylation sites is 1. The van der Waals surface area contributed by atoms with Gasteiger partial charge in [0.15, 0.2) is 5.37 Å². The lowest BCUT2D eigenvalue weighted by atomic mass is 10.3. The average Bonchev–Trinajstić information content (AvgIpc) is 2.73. The number of thioether (sulfide) groups is 1. The zero-order valence-corrected chi connectivity index (χ0v) is 13.5. The van der Waals surface area contributed by atoms with Crippen LogP contribution in [0.15, 0.2) is 48.5 Å². The number of carbonyl (C=O) groups excluding carboxylic acids is 2. The topological polar surface area (TPSA) is 49.4 Å². The molecule has 3 rings (SSSR count). The Kier molecular flexibility index (Phi) is 4.29. The first-order valence-corrected chi connectivity index (χ1v) is 8.00. The minimum Gasteiger partial charge on any atom is -0.365 e. The molecule has 2 aromatic rings. The quantitative estimate of drug-likeness (QED) is 0.874. The minimum absolute atomic E-state index is 0.318. The maximum Gasteiger partial charge on any atom is 0.295 e. The summed E-state index contributed by atoms with van der Waals surface area (Å²) in [6, 6.07) is 13.7. The number of benzene rings is 2. The molecule has 1 heterocycles. The van der Waals surface area contributed by atoms with Gasteiger partial charge >= 0.3 is 0 Å². The highest BCUT2D eigenvalue weighted by Crippen LogP contribution is 2.33. The second-order valence-electron chi connectivity index (χ2n) is 4.58. The van der Waals surface area contributed by atoms with E-state index < -0.39 is 5.37 Å². The number of carbonyl (C=O) groups is 2. The molecule has 112 valence electrons. The van der Waals surface area contributed by atoms with E-state index in [1.54, 1.807) is 42.5 Å². The van der Waals surface area contributed by atoms with Crippen molar-refractivity contribution in [2.45, 2.75) is 5.37 Å². The molecular formula is C15H10Cl2N2O2S. The van der Waals surface area contributed by atoms with Gasteiger partial charge in [0.2, 0.25) is 0 Å². The maximum absolute atomic E-state index is 12.4. The first-order chi connectivity index (χ1) is 10.5. The molecule has 1 N–H and O–H groups in total. The van der Waals surface area contributed by atoms with Gasteiger partial charge in [-0.3, -0.25) is 9.59 Å². The Hall–Kier alpha value is -1.69. The zero-order valence-electron chi connectivity index (χ0n) is 11.1. The molecule has 1 aliphatic heterocycles. The summed E-state index contributed by atoms with van der Waals surface area (Å²) in [5.74, 6) is -0.322. The second-order valence-corrected chi connectivity index (χ2v) is 6.50. The fraction of sp³-hybridized carbons (Fsp3) is 0.0667. The number of rotatable bonds is 3. The van der Waals surface area contributed by atoms with Crippen molar-refractivity contribution in [3.8, 4) is 0 Å². The van der Waals surface area contributed by atoms with Gasteiger partial charge in [0.05, 0.1) is 5.69 Å². The van der Waals surface area contributed by atoms with Crippen molar-refractivity contribution in [1.29, 1.82) is 0 Å². The van der Waals surface area contributed by atoms with Gasteiger partial charge in [-0.25, -0.2) is 4.90 Å². The monoisotopic (exact) mass is 352 g/mol. The van der Waals surface area contributed by atoms with Crippen LogP contribution >= 0.6 is 35.0 Å². The number of anilines is 2. The molecule has 0 spiro atoms. The third kappa shape index (κ3) is 3.06. The molecule has 4 nitrogen and oxygen atoms in total. The molecule has 0 bridgehead atoms. The molecule has 22 heavy (non-hydrogen) atoms. The van der Waals surface area contributed by atoms with E-state index in [1.807, 2.05) is 6.07 Å². The Morgan fingerprint density at radius 2 is 1.64 bits per heavy atom. The molecule has 1 unspecified atom stereocenters. The van der Waals surface area contributed by atoms with Crippen LogP contribution < -0.4 is 10.2 Å². The predicted octanol–water partition coefficient (Wildman–Crippen LogP) is 4.63. The van der Waals surface area contributed by atoms with Gasteiger partial charge in [0, 0.05) is 15.7 Å². The summed E-state index contributed by atoms with van der Waals surface area (Å²) in [5.41, 5.74) is 1.14. The van der Waals surface area contributed by atoms with E-state index in [0.717, 1.165) is 16.7 Å². The van der Waals surface area contributed by atoms with Crippen LogP contribution in [0.1, 0.15) is 0 Å². The Morgan fingerprint density at radius 3 is 2.27 bits per heavy atom. The van der Waals surface area contributed by atoms with Crippen molar-refractivity contribution in [1.82, 2.24) is 0 Å². The third-order valence-electron chi connectivity index (χ3n) is 3.02. The van der Waals surface area contributed by atoms with Crippen LogP contribution in [0, 0.1) is 0 Å². The lowest BCUT2D eigenvalue weighted by Crippen LogP contribution is -2.34. The van der Waals surface area contributed by atoms with Crippen LogP contribution in [0.4, 0.5) is 16.2 Å². The van der Waals surface area contributed by atoms with E-state index in [4.69, 9.17) is 23.2 Å². The summed E-state index contributed by atoms with van der Waals surface area (Å²) >= 11 is 12.8. The fourth-order valence-electron chi connectivity index (χ4n) is 2.10. The van der Waals surface area contributed by atoms with Crippen LogP contribution in [0.25, 0.3) is 0 Å². The van der Waals surface area contributed by atoms with E-state index in [0.29, 0.717) is 21.4 Å². The van der Waals surface area contributed by atoms with Crippen molar-refractivity contribution >= 4 is 57.5 Å². The Labute approximate surface area is 141 Å². The molecule has 0 saturated carbocycles. The normalized spacial score (nSPS) is 17.9. The van der Waals surface area contributed by atoms with E-state index in [-0.39, 0.29) is 11.1 Å². The largest absolute Gasteiger partial charge is 0.365 e. The number of halogens is 2. The standard InChI is InChI=1S/C15H10Cl2N2O2S/c16-9-6-10(17)8-11(7-9)18-13-14(20)19(15(21)22-13)12-4-2-1-3-5-12/h1-8,13,18H. The van der Waals surface area contributed by atoms with Crippen molar-refractivity contribution in [3.05, 3.63) is 58.6 Å². The minimum atomic E-state index is -0.706. The van der Waals surface area contributed by atoms with Crippen LogP contribution in [-0.4, -0.2) is 16.5 Å². The zero-order chi connectivity index (χ0) is 15.7. The SMILES string of the molecule is O=C1SC(Nc2cc(Cl)cc(Cl)c2)C(=O)N1c1ccccc1. The summed E-state index contributed by atoms with van der Waals surface area (Å²) in [7, 11) is 0. The van der Waals surface area contributed by atoms with Crippen LogP contribution in [0.3, 0.4) is 0 Å². The smallest absolute Gasteiger partial charge is 0.295 e. The summed E-state index contributed by atoms with van der Waals surface area (Å²) in [5, 5.41) is 2.87. The van der Waals surface area contributed by atoms with Gasteiger partial charge in [-0.1, -0.05) is 41.4 Å². The maximum atomic E-state index is 12.4. The molecule has 2 amide bonds. The molecule has 1 atom stereocenters. The van der Waals surface area contributed by atoms with Gasteiger partial charge in [-0.05, 0) is 42.1 Å².